The Labute approximate surface area is 226 Å². The standard InChI is InChI=1S/C34H26N2P2/c1-5-13-27(14-6-1)37(28-15-7-2-8-16-28)31-21-23-35-33(25-31)34-26-32(22-24-36-34)38(29-17-9-3-10-18-29)30-19-11-4-12-20-30/h1-26H. The normalized spacial score (nSPS) is 11.1. The first-order chi connectivity index (χ1) is 18.9. The molecule has 2 heterocycles. The van der Waals surface area contributed by atoms with Crippen LogP contribution in [0.4, 0.5) is 0 Å². The van der Waals surface area contributed by atoms with Gasteiger partial charge in [0.2, 0.25) is 0 Å². The van der Waals surface area contributed by atoms with Gasteiger partial charge in [0.05, 0.1) is 11.4 Å². The minimum atomic E-state index is -0.709. The maximum atomic E-state index is 4.78. The van der Waals surface area contributed by atoms with Crippen LogP contribution in [0.3, 0.4) is 0 Å². The van der Waals surface area contributed by atoms with Crippen LogP contribution in [0, 0.1) is 0 Å². The Hall–Kier alpha value is -3.96. The second kappa shape index (κ2) is 11.6. The van der Waals surface area contributed by atoms with E-state index in [1.54, 1.807) is 0 Å². The molecule has 6 aromatic rings. The number of benzene rings is 4. The van der Waals surface area contributed by atoms with Crippen LogP contribution in [0.15, 0.2) is 158 Å². The second-order valence-corrected chi connectivity index (χ2v) is 13.3. The molecular formula is C34H26N2P2. The maximum Gasteiger partial charge on any atom is 0.0892 e. The van der Waals surface area contributed by atoms with Crippen molar-refractivity contribution in [1.29, 1.82) is 0 Å². The summed E-state index contributed by atoms with van der Waals surface area (Å²) >= 11 is 0. The molecule has 4 heteroatoms. The number of rotatable bonds is 7. The molecule has 182 valence electrons. The fourth-order valence-electron chi connectivity index (χ4n) is 4.60. The van der Waals surface area contributed by atoms with Gasteiger partial charge in [-0.1, -0.05) is 121 Å². The fourth-order valence-corrected chi connectivity index (χ4v) is 9.20. The van der Waals surface area contributed by atoms with Gasteiger partial charge in [0, 0.05) is 12.4 Å². The number of hydrogen-bond donors (Lipinski definition) is 0. The third-order valence-electron chi connectivity index (χ3n) is 6.32. The van der Waals surface area contributed by atoms with Crippen molar-refractivity contribution in [2.24, 2.45) is 0 Å². The predicted octanol–water partition coefficient (Wildman–Crippen LogP) is 5.66. The molecule has 0 unspecified atom stereocenters. The largest absolute Gasteiger partial charge is 0.255 e. The second-order valence-electron chi connectivity index (χ2n) is 8.81. The van der Waals surface area contributed by atoms with E-state index in [0.717, 1.165) is 11.4 Å². The van der Waals surface area contributed by atoms with E-state index in [1.807, 2.05) is 12.4 Å². The van der Waals surface area contributed by atoms with Gasteiger partial charge in [-0.15, -0.1) is 0 Å². The average molecular weight is 525 g/mol. The van der Waals surface area contributed by atoms with Crippen molar-refractivity contribution in [1.82, 2.24) is 9.97 Å². The Bertz CT molecular complexity index is 1410. The molecule has 2 nitrogen and oxygen atoms in total. The molecule has 0 aliphatic heterocycles. The minimum absolute atomic E-state index is 0.709. The molecule has 0 spiro atoms. The molecule has 6 rings (SSSR count). The summed E-state index contributed by atoms with van der Waals surface area (Å²) in [4.78, 5) is 9.56. The van der Waals surface area contributed by atoms with Gasteiger partial charge in [-0.3, -0.25) is 9.97 Å². The van der Waals surface area contributed by atoms with Gasteiger partial charge in [-0.25, -0.2) is 0 Å². The van der Waals surface area contributed by atoms with E-state index < -0.39 is 15.8 Å². The summed E-state index contributed by atoms with van der Waals surface area (Å²) in [6, 6.07) is 51.9. The molecule has 0 bridgehead atoms. The maximum absolute atomic E-state index is 4.78. The summed E-state index contributed by atoms with van der Waals surface area (Å²) in [5.41, 5.74) is 1.81. The fraction of sp³-hybridized carbons (Fsp3) is 0. The molecular weight excluding hydrogens is 498 g/mol. The van der Waals surface area contributed by atoms with E-state index in [2.05, 4.69) is 146 Å². The summed E-state index contributed by atoms with van der Waals surface area (Å²) in [7, 11) is -1.42. The number of pyridine rings is 2. The summed E-state index contributed by atoms with van der Waals surface area (Å²) in [5, 5.41) is 7.83. The van der Waals surface area contributed by atoms with Gasteiger partial charge in [-0.05, 0) is 71.9 Å². The number of aromatic nitrogens is 2. The van der Waals surface area contributed by atoms with Crippen molar-refractivity contribution in [2.45, 2.75) is 0 Å². The van der Waals surface area contributed by atoms with Gasteiger partial charge < -0.3 is 0 Å². The highest BCUT2D eigenvalue weighted by Gasteiger charge is 2.19. The van der Waals surface area contributed by atoms with Crippen molar-refractivity contribution in [3.8, 4) is 11.4 Å². The third kappa shape index (κ3) is 5.34. The first-order valence-corrected chi connectivity index (χ1v) is 15.3. The molecule has 38 heavy (non-hydrogen) atoms. The van der Waals surface area contributed by atoms with Crippen molar-refractivity contribution < 1.29 is 0 Å². The van der Waals surface area contributed by atoms with Gasteiger partial charge >= 0.3 is 0 Å². The summed E-state index contributed by atoms with van der Waals surface area (Å²) in [6.07, 6.45) is 3.86. The van der Waals surface area contributed by atoms with Crippen LogP contribution in [0.5, 0.6) is 0 Å². The van der Waals surface area contributed by atoms with Crippen molar-refractivity contribution >= 4 is 47.7 Å². The molecule has 0 radical (unpaired) electrons. The molecule has 0 aliphatic carbocycles. The Morgan fingerprint density at radius 3 is 0.895 bits per heavy atom. The Morgan fingerprint density at radius 2 is 0.605 bits per heavy atom. The molecule has 0 fully saturated rings. The molecule has 0 N–H and O–H groups in total. The lowest BCUT2D eigenvalue weighted by molar-refractivity contribution is 1.26. The molecule has 0 saturated carbocycles. The highest BCUT2D eigenvalue weighted by Crippen LogP contribution is 2.35. The number of nitrogens with zero attached hydrogens (tertiary/aromatic N) is 2. The van der Waals surface area contributed by atoms with Gasteiger partial charge in [0.25, 0.3) is 0 Å². The van der Waals surface area contributed by atoms with Crippen LogP contribution in [-0.4, -0.2) is 9.97 Å². The average Bonchev–Trinajstić information content (AvgIpc) is 3.00. The zero-order valence-corrected chi connectivity index (χ0v) is 22.6. The van der Waals surface area contributed by atoms with E-state index in [1.165, 1.54) is 31.8 Å². The molecule has 0 atom stereocenters. The molecule has 0 amide bonds. The zero-order chi connectivity index (χ0) is 25.6. The predicted molar refractivity (Wildman–Crippen MR) is 165 cm³/mol. The summed E-state index contributed by atoms with van der Waals surface area (Å²) < 4.78 is 0. The van der Waals surface area contributed by atoms with E-state index in [9.17, 15) is 0 Å². The monoisotopic (exact) mass is 524 g/mol. The first-order valence-electron chi connectivity index (χ1n) is 12.6. The van der Waals surface area contributed by atoms with E-state index in [0.29, 0.717) is 0 Å². The molecule has 2 aromatic heterocycles. The lowest BCUT2D eigenvalue weighted by Gasteiger charge is -2.21. The Morgan fingerprint density at radius 1 is 0.316 bits per heavy atom. The van der Waals surface area contributed by atoms with Crippen LogP contribution >= 0.6 is 15.8 Å². The van der Waals surface area contributed by atoms with Gasteiger partial charge in [-0.2, -0.15) is 0 Å². The van der Waals surface area contributed by atoms with Crippen LogP contribution in [0.1, 0.15) is 0 Å². The molecule has 0 aliphatic rings. The van der Waals surface area contributed by atoms with Crippen molar-refractivity contribution in [3.05, 3.63) is 158 Å². The zero-order valence-electron chi connectivity index (χ0n) is 20.8. The van der Waals surface area contributed by atoms with Crippen LogP contribution < -0.4 is 31.8 Å². The minimum Gasteiger partial charge on any atom is -0.255 e. The topological polar surface area (TPSA) is 25.8 Å². The van der Waals surface area contributed by atoms with Gasteiger partial charge in [0.15, 0.2) is 0 Å². The van der Waals surface area contributed by atoms with E-state index in [4.69, 9.17) is 9.97 Å². The molecule has 4 aromatic carbocycles. The van der Waals surface area contributed by atoms with E-state index in [-0.39, 0.29) is 0 Å². The van der Waals surface area contributed by atoms with Crippen molar-refractivity contribution in [2.75, 3.05) is 0 Å². The number of hydrogen-bond acceptors (Lipinski definition) is 2. The third-order valence-corrected chi connectivity index (χ3v) is 11.2. The van der Waals surface area contributed by atoms with Gasteiger partial charge in [0.1, 0.15) is 0 Å². The molecule has 0 saturated heterocycles. The first kappa shape index (κ1) is 24.4. The summed E-state index contributed by atoms with van der Waals surface area (Å²) in [5.74, 6) is 0. The van der Waals surface area contributed by atoms with Crippen LogP contribution in [0.2, 0.25) is 0 Å². The Kier molecular flexibility index (Phi) is 7.45. The van der Waals surface area contributed by atoms with Crippen LogP contribution in [0.25, 0.3) is 11.4 Å². The summed E-state index contributed by atoms with van der Waals surface area (Å²) in [6.45, 7) is 0. The van der Waals surface area contributed by atoms with Crippen molar-refractivity contribution in [3.63, 3.8) is 0 Å². The highest BCUT2D eigenvalue weighted by molar-refractivity contribution is 7.80. The lowest BCUT2D eigenvalue weighted by Crippen LogP contribution is -2.21. The quantitative estimate of drug-likeness (QED) is 0.252. The lowest BCUT2D eigenvalue weighted by atomic mass is 10.2. The smallest absolute Gasteiger partial charge is 0.0892 e. The SMILES string of the molecule is c1ccc(P(c2ccccc2)c2ccnc(-c3cc(P(c4ccccc4)c4ccccc4)ccn3)c2)cc1. The Balaban J connectivity index is 1.43. The van der Waals surface area contributed by atoms with E-state index >= 15 is 0 Å². The highest BCUT2D eigenvalue weighted by atomic mass is 31.1. The van der Waals surface area contributed by atoms with Crippen LogP contribution in [-0.2, 0) is 0 Å².